The summed E-state index contributed by atoms with van der Waals surface area (Å²) in [6.07, 6.45) is 4.44. The van der Waals surface area contributed by atoms with Crippen LogP contribution in [0.1, 0.15) is 33.6 Å². The third kappa shape index (κ3) is 5.50. The molecule has 0 spiro atoms. The van der Waals surface area contributed by atoms with Gasteiger partial charge in [-0.1, -0.05) is 13.8 Å². The van der Waals surface area contributed by atoms with E-state index in [0.29, 0.717) is 5.92 Å². The van der Waals surface area contributed by atoms with E-state index in [9.17, 15) is 0 Å². The third-order valence-electron chi connectivity index (χ3n) is 1.73. The van der Waals surface area contributed by atoms with Gasteiger partial charge in [0.15, 0.2) is 0 Å². The minimum absolute atomic E-state index is 0.644. The van der Waals surface area contributed by atoms with Crippen LogP contribution in [0.15, 0.2) is 12.3 Å². The van der Waals surface area contributed by atoms with Crippen molar-refractivity contribution in [3.8, 4) is 0 Å². The lowest BCUT2D eigenvalue weighted by Gasteiger charge is -2.03. The first-order valence-electron chi connectivity index (χ1n) is 4.17. The number of hydrogen-bond donors (Lipinski definition) is 0. The molecule has 70 valence electrons. The van der Waals surface area contributed by atoms with Gasteiger partial charge in [-0.05, 0) is 70.9 Å². The van der Waals surface area contributed by atoms with Crippen molar-refractivity contribution in [2.24, 2.45) is 10.9 Å². The van der Waals surface area contributed by atoms with Crippen molar-refractivity contribution >= 4 is 51.4 Å². The van der Waals surface area contributed by atoms with E-state index in [1.807, 2.05) is 0 Å². The van der Waals surface area contributed by atoms with Crippen LogP contribution in [0.25, 0.3) is 0 Å². The van der Waals surface area contributed by atoms with E-state index < -0.39 is 0 Å². The molecule has 0 aliphatic carbocycles. The molecule has 0 amide bonds. The maximum atomic E-state index is 4.40. The van der Waals surface area contributed by atoms with Gasteiger partial charge in [-0.15, -0.1) is 0 Å². The van der Waals surface area contributed by atoms with E-state index in [0.717, 1.165) is 3.70 Å². The normalized spacial score (nSPS) is 14.2. The molecule has 0 saturated carbocycles. The lowest BCUT2D eigenvalue weighted by molar-refractivity contribution is 0.655. The molecule has 0 aromatic heterocycles. The minimum Gasteiger partial charge on any atom is -0.254 e. The summed E-state index contributed by atoms with van der Waals surface area (Å²) in [6.45, 7) is 6.48. The molecule has 0 atom stereocenters. The molecule has 0 aromatic rings. The Morgan fingerprint density at radius 3 is 2.17 bits per heavy atom. The predicted octanol–water partition coefficient (Wildman–Crippen LogP) is 4.55. The second kappa shape index (κ2) is 7.29. The van der Waals surface area contributed by atoms with Crippen molar-refractivity contribution < 1.29 is 0 Å². The molecule has 0 radical (unpaired) electrons. The highest BCUT2D eigenvalue weighted by Gasteiger charge is 1.98. The molecule has 0 N–H and O–H groups in total. The van der Waals surface area contributed by atoms with E-state index >= 15 is 0 Å². The van der Waals surface area contributed by atoms with E-state index in [-0.39, 0.29) is 0 Å². The SMILES string of the molecule is CCC(C=N/C(I)=C(\C)I)CC. The summed E-state index contributed by atoms with van der Waals surface area (Å²) in [7, 11) is 0. The number of rotatable bonds is 4. The number of allylic oxidation sites excluding steroid dienone is 1. The molecular formula is C9H15I2N. The molecule has 12 heavy (non-hydrogen) atoms. The molecule has 0 aromatic carbocycles. The minimum atomic E-state index is 0.644. The van der Waals surface area contributed by atoms with Crippen LogP contribution in [0.4, 0.5) is 0 Å². The summed E-state index contributed by atoms with van der Waals surface area (Å²) in [5.74, 6) is 0.644. The second-order valence-corrected chi connectivity index (χ2v) is 5.32. The first kappa shape index (κ1) is 12.9. The third-order valence-corrected chi connectivity index (χ3v) is 4.36. The number of hydrogen-bond acceptors (Lipinski definition) is 1. The van der Waals surface area contributed by atoms with Crippen LogP contribution in [-0.2, 0) is 0 Å². The van der Waals surface area contributed by atoms with Gasteiger partial charge in [0.05, 0.1) is 0 Å². The molecule has 0 fully saturated rings. The summed E-state index contributed by atoms with van der Waals surface area (Å²) in [4.78, 5) is 4.40. The van der Waals surface area contributed by atoms with Crippen molar-refractivity contribution in [2.75, 3.05) is 0 Å². The van der Waals surface area contributed by atoms with Gasteiger partial charge in [-0.3, -0.25) is 4.99 Å². The Morgan fingerprint density at radius 1 is 1.33 bits per heavy atom. The van der Waals surface area contributed by atoms with Crippen LogP contribution in [0.2, 0.25) is 0 Å². The molecular weight excluding hydrogens is 376 g/mol. The quantitative estimate of drug-likeness (QED) is 0.379. The average molecular weight is 391 g/mol. The summed E-state index contributed by atoms with van der Waals surface area (Å²) >= 11 is 4.57. The zero-order chi connectivity index (χ0) is 9.56. The highest BCUT2D eigenvalue weighted by atomic mass is 127. The maximum absolute atomic E-state index is 4.40. The van der Waals surface area contributed by atoms with Crippen LogP contribution in [0, 0.1) is 5.92 Å². The summed E-state index contributed by atoms with van der Waals surface area (Å²) in [6, 6.07) is 0. The van der Waals surface area contributed by atoms with Gasteiger partial charge in [-0.25, -0.2) is 0 Å². The van der Waals surface area contributed by atoms with Gasteiger partial charge < -0.3 is 0 Å². The molecule has 0 heterocycles. The van der Waals surface area contributed by atoms with Gasteiger partial charge >= 0.3 is 0 Å². The molecule has 0 aliphatic rings. The van der Waals surface area contributed by atoms with Gasteiger partial charge in [0.1, 0.15) is 3.70 Å². The summed E-state index contributed by atoms with van der Waals surface area (Å²) in [5, 5.41) is 0. The highest BCUT2D eigenvalue weighted by Crippen LogP contribution is 2.19. The van der Waals surface area contributed by atoms with E-state index in [4.69, 9.17) is 0 Å². The Labute approximate surface area is 102 Å². The Balaban J connectivity index is 4.13. The Bertz CT molecular complexity index is 177. The van der Waals surface area contributed by atoms with Crippen LogP contribution >= 0.6 is 45.2 Å². The number of halogens is 2. The van der Waals surface area contributed by atoms with Crippen molar-refractivity contribution in [1.29, 1.82) is 0 Å². The maximum Gasteiger partial charge on any atom is 0.109 e. The molecule has 0 unspecified atom stereocenters. The number of nitrogens with zero attached hydrogens (tertiary/aromatic N) is 1. The van der Waals surface area contributed by atoms with E-state index in [1.54, 1.807) is 0 Å². The van der Waals surface area contributed by atoms with Crippen LogP contribution in [0.3, 0.4) is 0 Å². The van der Waals surface area contributed by atoms with Gasteiger partial charge in [0.2, 0.25) is 0 Å². The van der Waals surface area contributed by atoms with Crippen molar-refractivity contribution in [2.45, 2.75) is 33.6 Å². The molecule has 1 nitrogen and oxygen atoms in total. The Kier molecular flexibility index (Phi) is 7.82. The fraction of sp³-hybridized carbons (Fsp3) is 0.667. The molecule has 0 aliphatic heterocycles. The number of aliphatic imine (C=N–C) groups is 1. The topological polar surface area (TPSA) is 12.4 Å². The lowest BCUT2D eigenvalue weighted by atomic mass is 10.1. The Hall–Kier alpha value is 0.870. The Morgan fingerprint density at radius 2 is 1.83 bits per heavy atom. The van der Waals surface area contributed by atoms with Gasteiger partial charge in [0, 0.05) is 9.79 Å². The monoisotopic (exact) mass is 391 g/mol. The van der Waals surface area contributed by atoms with Crippen LogP contribution < -0.4 is 0 Å². The fourth-order valence-electron chi connectivity index (χ4n) is 0.759. The van der Waals surface area contributed by atoms with Crippen molar-refractivity contribution in [3.63, 3.8) is 0 Å². The summed E-state index contributed by atoms with van der Waals surface area (Å²) in [5.41, 5.74) is 0. The zero-order valence-corrected chi connectivity index (χ0v) is 12.1. The molecule has 0 rings (SSSR count). The van der Waals surface area contributed by atoms with E-state index in [2.05, 4.69) is 77.2 Å². The molecule has 0 saturated heterocycles. The van der Waals surface area contributed by atoms with Gasteiger partial charge in [0.25, 0.3) is 0 Å². The lowest BCUT2D eigenvalue weighted by Crippen LogP contribution is -1.97. The largest absolute Gasteiger partial charge is 0.254 e. The van der Waals surface area contributed by atoms with Crippen molar-refractivity contribution in [3.05, 3.63) is 7.28 Å². The summed E-state index contributed by atoms with van der Waals surface area (Å²) < 4.78 is 2.37. The molecule has 3 heteroatoms. The zero-order valence-electron chi connectivity index (χ0n) is 7.77. The fourth-order valence-corrected chi connectivity index (χ4v) is 1.06. The van der Waals surface area contributed by atoms with E-state index in [1.165, 1.54) is 16.4 Å². The molecule has 0 bridgehead atoms. The van der Waals surface area contributed by atoms with Gasteiger partial charge in [-0.2, -0.15) is 0 Å². The smallest absolute Gasteiger partial charge is 0.109 e. The average Bonchev–Trinajstić information content (AvgIpc) is 2.05. The predicted molar refractivity (Wildman–Crippen MR) is 73.3 cm³/mol. The standard InChI is InChI=1S/C9H15I2N/c1-4-8(5-2)6-12-9(11)7(3)10/h6,8H,4-5H2,1-3H3/b9-7+,12-6?. The van der Waals surface area contributed by atoms with Crippen molar-refractivity contribution in [1.82, 2.24) is 0 Å². The highest BCUT2D eigenvalue weighted by molar-refractivity contribution is 14.1. The first-order valence-corrected chi connectivity index (χ1v) is 6.33. The van der Waals surface area contributed by atoms with Crippen LogP contribution in [-0.4, -0.2) is 6.21 Å². The second-order valence-electron chi connectivity index (χ2n) is 2.68. The van der Waals surface area contributed by atoms with Crippen LogP contribution in [0.5, 0.6) is 0 Å². The first-order chi connectivity index (χ1) is 5.61.